The molecule has 4 heterocycles. The largest absolute Gasteiger partial charge is 0.490 e. The van der Waals surface area contributed by atoms with Gasteiger partial charge in [0.15, 0.2) is 0 Å². The van der Waals surface area contributed by atoms with Crippen LogP contribution in [0.2, 0.25) is 0 Å². The number of alkyl halides is 9. The van der Waals surface area contributed by atoms with Crippen molar-refractivity contribution >= 4 is 23.8 Å². The van der Waals surface area contributed by atoms with Gasteiger partial charge in [0.25, 0.3) is 0 Å². The van der Waals surface area contributed by atoms with E-state index in [2.05, 4.69) is 21.8 Å². The number of likely N-dealkylation sites (tertiary alicyclic amines) is 1. The topological polar surface area (TPSA) is 165 Å². The Hall–Kier alpha value is -4.40. The molecule has 2 aromatic heterocycles. The van der Waals surface area contributed by atoms with E-state index in [9.17, 15) is 44.3 Å². The number of carboxylic acids is 3. The molecule has 0 aliphatic carbocycles. The van der Waals surface area contributed by atoms with Crippen molar-refractivity contribution in [1.29, 1.82) is 0 Å². The Morgan fingerprint density at radius 3 is 1.62 bits per heavy atom. The number of pyridine rings is 1. The number of aliphatic carboxylic acids is 3. The lowest BCUT2D eigenvalue weighted by Crippen LogP contribution is -2.67. The number of hydrogen-bond acceptors (Lipinski definition) is 8. The number of nitrogens with zero attached hydrogens (tertiary/aromatic N) is 4. The normalized spacial score (nSPS) is 16.9. The monoisotopic (exact) mass is 696 g/mol. The molecule has 2 aliphatic heterocycles. The zero-order valence-corrected chi connectivity index (χ0v) is 24.3. The van der Waals surface area contributed by atoms with Gasteiger partial charge in [0.2, 0.25) is 5.91 Å². The maximum atomic E-state index is 13.4. The molecule has 4 rings (SSSR count). The van der Waals surface area contributed by atoms with Crippen molar-refractivity contribution in [3.8, 4) is 0 Å². The van der Waals surface area contributed by atoms with Crippen LogP contribution >= 0.6 is 0 Å². The van der Waals surface area contributed by atoms with Crippen molar-refractivity contribution < 1.29 is 78.4 Å². The van der Waals surface area contributed by atoms with E-state index in [1.807, 2.05) is 29.2 Å². The number of carbonyl (C=O) groups excluding carboxylic acids is 1. The predicted octanol–water partition coefficient (Wildman–Crippen LogP) is 3.88. The van der Waals surface area contributed by atoms with Gasteiger partial charge in [-0.2, -0.15) is 39.5 Å². The summed E-state index contributed by atoms with van der Waals surface area (Å²) in [6, 6.07) is 7.92. The summed E-state index contributed by atoms with van der Waals surface area (Å²) in [5.41, 5.74) is 0.786. The first kappa shape index (κ1) is 40.6. The van der Waals surface area contributed by atoms with Gasteiger partial charge in [0.05, 0.1) is 12.8 Å². The molecule has 2 aromatic rings. The van der Waals surface area contributed by atoms with Gasteiger partial charge in [-0.15, -0.1) is 0 Å². The molecule has 0 bridgehead atoms. The van der Waals surface area contributed by atoms with Crippen molar-refractivity contribution in [3.63, 3.8) is 0 Å². The van der Waals surface area contributed by atoms with Gasteiger partial charge in [-0.1, -0.05) is 0 Å². The minimum Gasteiger partial charge on any atom is -0.475 e. The lowest BCUT2D eigenvalue weighted by atomic mass is 9.82. The number of likely N-dealkylation sites (N-methyl/N-ethyl adjacent to an activating group) is 1. The van der Waals surface area contributed by atoms with Crippen molar-refractivity contribution in [2.75, 3.05) is 33.2 Å². The molecule has 0 unspecified atom stereocenters. The summed E-state index contributed by atoms with van der Waals surface area (Å²) < 4.78 is 101. The van der Waals surface area contributed by atoms with Gasteiger partial charge in [0.1, 0.15) is 11.3 Å². The van der Waals surface area contributed by atoms with Crippen LogP contribution < -0.4 is 0 Å². The van der Waals surface area contributed by atoms with Crippen LogP contribution in [0.15, 0.2) is 47.3 Å². The van der Waals surface area contributed by atoms with Gasteiger partial charge in [-0.05, 0) is 49.7 Å². The number of piperidine rings is 1. The number of halogens is 9. The summed E-state index contributed by atoms with van der Waals surface area (Å²) in [7, 11) is 2.10. The Bertz CT molecular complexity index is 1240. The van der Waals surface area contributed by atoms with E-state index in [0.29, 0.717) is 6.54 Å². The fourth-order valence-electron chi connectivity index (χ4n) is 4.20. The van der Waals surface area contributed by atoms with E-state index >= 15 is 0 Å². The zero-order chi connectivity index (χ0) is 36.2. The molecule has 21 heteroatoms. The highest BCUT2D eigenvalue weighted by atomic mass is 19.4. The Kier molecular flexibility index (Phi) is 14.7. The maximum Gasteiger partial charge on any atom is 0.490 e. The number of hydrogen-bond donors (Lipinski definition) is 3. The van der Waals surface area contributed by atoms with Crippen molar-refractivity contribution in [2.45, 2.75) is 50.0 Å². The van der Waals surface area contributed by atoms with Gasteiger partial charge in [-0.3, -0.25) is 19.6 Å². The number of carboxylic acid groups (broad SMARTS) is 3. The smallest absolute Gasteiger partial charge is 0.475 e. The van der Waals surface area contributed by atoms with Crippen LogP contribution in [0.1, 0.15) is 24.2 Å². The molecule has 47 heavy (non-hydrogen) atoms. The molecule has 0 atom stereocenters. The molecule has 2 fully saturated rings. The summed E-state index contributed by atoms with van der Waals surface area (Å²) in [4.78, 5) is 50.8. The first-order valence-corrected chi connectivity index (χ1v) is 13.0. The third kappa shape index (κ3) is 13.5. The lowest BCUT2D eigenvalue weighted by molar-refractivity contribution is -0.193. The van der Waals surface area contributed by atoms with Gasteiger partial charge < -0.3 is 24.6 Å². The first-order valence-electron chi connectivity index (χ1n) is 13.0. The van der Waals surface area contributed by atoms with Gasteiger partial charge in [-0.25, -0.2) is 14.4 Å². The van der Waals surface area contributed by atoms with Crippen LogP contribution in [0.4, 0.5) is 39.5 Å². The second kappa shape index (κ2) is 17.0. The molecular formula is C26H29F9N4O8. The minimum absolute atomic E-state index is 0.278. The van der Waals surface area contributed by atoms with Crippen molar-refractivity contribution in [1.82, 2.24) is 19.7 Å². The second-order valence-electron chi connectivity index (χ2n) is 9.80. The summed E-state index contributed by atoms with van der Waals surface area (Å²) in [5, 5.41) is 21.4. The molecule has 12 nitrogen and oxygen atoms in total. The number of rotatable bonds is 4. The molecule has 0 radical (unpaired) electrons. The first-order chi connectivity index (χ1) is 21.5. The average Bonchev–Trinajstić information content (AvgIpc) is 3.48. The highest BCUT2D eigenvalue weighted by molar-refractivity contribution is 5.87. The van der Waals surface area contributed by atoms with E-state index in [1.54, 1.807) is 18.7 Å². The molecule has 3 N–H and O–H groups in total. The predicted molar refractivity (Wildman–Crippen MR) is 139 cm³/mol. The van der Waals surface area contributed by atoms with E-state index in [4.69, 9.17) is 34.1 Å². The van der Waals surface area contributed by atoms with Crippen LogP contribution in [0.5, 0.6) is 0 Å². The fraction of sp³-hybridized carbons (Fsp3) is 0.500. The van der Waals surface area contributed by atoms with Crippen LogP contribution in [0, 0.1) is 0 Å². The molecule has 1 spiro atoms. The van der Waals surface area contributed by atoms with Crippen LogP contribution in [-0.4, -0.2) is 116 Å². The summed E-state index contributed by atoms with van der Waals surface area (Å²) in [5.74, 6) is -7.00. The average molecular weight is 697 g/mol. The molecule has 0 aromatic carbocycles. The standard InChI is InChI=1S/C20H26N4O2.3C2HF3O2/c1-22-12-13-24(15-17-4-8-21-9-5-17)19(25)20(22)6-10-23(11-7-20)16-18-3-2-14-26-18;3*3-2(4,5)1(6)7/h2-5,8-9,14H,6-7,10-13,15-16H2,1H3;3*(H,6,7). The number of aromatic nitrogens is 1. The SMILES string of the molecule is CN1CCN(Cc2ccncc2)C(=O)C12CCN(Cc1ccco1)CC2.O=C(O)C(F)(F)F.O=C(O)C(F)(F)F.O=C(O)C(F)(F)F. The summed E-state index contributed by atoms with van der Waals surface area (Å²) in [6.07, 6.45) is -8.21. The molecule has 1 amide bonds. The molecule has 2 aliphatic rings. The van der Waals surface area contributed by atoms with E-state index < -0.39 is 36.4 Å². The van der Waals surface area contributed by atoms with E-state index in [1.165, 1.54) is 0 Å². The third-order valence-corrected chi connectivity index (χ3v) is 6.61. The number of amides is 1. The van der Waals surface area contributed by atoms with Gasteiger partial charge >= 0.3 is 36.4 Å². The quantitative estimate of drug-likeness (QED) is 0.398. The number of piperazine rings is 1. The van der Waals surface area contributed by atoms with Gasteiger partial charge in [0, 0.05) is 45.1 Å². The third-order valence-electron chi connectivity index (χ3n) is 6.61. The van der Waals surface area contributed by atoms with Crippen molar-refractivity contribution in [3.05, 3.63) is 54.2 Å². The Labute approximate surface area is 260 Å². The molecule has 2 saturated heterocycles. The maximum absolute atomic E-state index is 13.4. The Morgan fingerprint density at radius 2 is 1.23 bits per heavy atom. The zero-order valence-electron chi connectivity index (χ0n) is 24.3. The van der Waals surface area contributed by atoms with Crippen molar-refractivity contribution in [2.24, 2.45) is 0 Å². The second-order valence-corrected chi connectivity index (χ2v) is 9.80. The van der Waals surface area contributed by atoms with Crippen LogP contribution in [-0.2, 0) is 32.3 Å². The van der Waals surface area contributed by atoms with Crippen LogP contribution in [0.25, 0.3) is 0 Å². The highest BCUT2D eigenvalue weighted by Crippen LogP contribution is 2.34. The molecule has 0 saturated carbocycles. The Morgan fingerprint density at radius 1 is 0.787 bits per heavy atom. The summed E-state index contributed by atoms with van der Waals surface area (Å²) in [6.45, 7) is 5.04. The highest BCUT2D eigenvalue weighted by Gasteiger charge is 2.49. The lowest BCUT2D eigenvalue weighted by Gasteiger charge is -2.51. The minimum atomic E-state index is -5.08. The molecular weight excluding hydrogens is 667 g/mol. The van der Waals surface area contributed by atoms with Crippen LogP contribution in [0.3, 0.4) is 0 Å². The molecule has 264 valence electrons. The van der Waals surface area contributed by atoms with E-state index in [-0.39, 0.29) is 11.4 Å². The van der Waals surface area contributed by atoms with E-state index in [0.717, 1.165) is 56.9 Å². The summed E-state index contributed by atoms with van der Waals surface area (Å²) >= 11 is 0. The Balaban J connectivity index is 0.000000430. The number of carbonyl (C=O) groups is 4. The fourth-order valence-corrected chi connectivity index (χ4v) is 4.20. The number of furan rings is 1.